The summed E-state index contributed by atoms with van der Waals surface area (Å²) in [5, 5.41) is 14.8. The Morgan fingerprint density at radius 1 is 1.53 bits per heavy atom. The Morgan fingerprint density at radius 3 is 2.74 bits per heavy atom. The quantitative estimate of drug-likeness (QED) is 0.836. The molecule has 0 saturated heterocycles. The minimum atomic E-state index is -0.0800. The van der Waals surface area contributed by atoms with E-state index in [0.717, 1.165) is 17.7 Å². The van der Waals surface area contributed by atoms with E-state index in [0.29, 0.717) is 17.0 Å². The summed E-state index contributed by atoms with van der Waals surface area (Å²) in [7, 11) is 0. The zero-order valence-electron chi connectivity index (χ0n) is 11.9. The molecule has 1 aromatic rings. The molecule has 0 atom stereocenters. The van der Waals surface area contributed by atoms with Crippen LogP contribution < -0.4 is 5.32 Å². The Bertz CT molecular complexity index is 481. The molecule has 0 aliphatic heterocycles. The van der Waals surface area contributed by atoms with Crippen LogP contribution in [-0.4, -0.2) is 17.9 Å². The second-order valence-electron chi connectivity index (χ2n) is 5.36. The smallest absolute Gasteiger partial charge is 0.225 e. The second kappa shape index (κ2) is 6.97. The predicted octanol–water partition coefficient (Wildman–Crippen LogP) is 4.00. The van der Waals surface area contributed by atoms with E-state index in [4.69, 9.17) is 0 Å². The number of thioether (sulfide) groups is 1. The van der Waals surface area contributed by atoms with Crippen LogP contribution in [0.15, 0.2) is 5.38 Å². The number of carbonyl (C=O) groups excluding carboxylic acids is 1. The monoisotopic (exact) mass is 296 g/mol. The van der Waals surface area contributed by atoms with Gasteiger partial charge in [-0.05, 0) is 34.8 Å². The Hall–Kier alpha value is -0.990. The van der Waals surface area contributed by atoms with Crippen LogP contribution in [0.25, 0.3) is 0 Å². The van der Waals surface area contributed by atoms with Crippen molar-refractivity contribution in [3.8, 4) is 6.07 Å². The fraction of sp³-hybridized carbons (Fsp3) is 0.571. The Kier molecular flexibility index (Phi) is 5.89. The summed E-state index contributed by atoms with van der Waals surface area (Å²) in [5.74, 6) is 0.976. The van der Waals surface area contributed by atoms with E-state index in [1.165, 1.54) is 11.3 Å². The van der Waals surface area contributed by atoms with Gasteiger partial charge in [-0.3, -0.25) is 4.79 Å². The summed E-state index contributed by atoms with van der Waals surface area (Å²) in [6.07, 6.45) is 3.40. The molecule has 104 valence electrons. The molecular formula is C14H20N2OS2. The van der Waals surface area contributed by atoms with Crippen molar-refractivity contribution >= 4 is 34.0 Å². The maximum atomic E-state index is 11.8. The third-order valence-electron chi connectivity index (χ3n) is 2.72. The van der Waals surface area contributed by atoms with Crippen LogP contribution in [0.4, 0.5) is 5.00 Å². The minimum absolute atomic E-state index is 0.00661. The van der Waals surface area contributed by atoms with E-state index in [-0.39, 0.29) is 11.3 Å². The van der Waals surface area contributed by atoms with Crippen LogP contribution in [0.3, 0.4) is 0 Å². The third kappa shape index (κ3) is 4.55. The fourth-order valence-electron chi connectivity index (χ4n) is 1.68. The molecule has 0 unspecified atom stereocenters. The molecule has 1 heterocycles. The molecule has 0 saturated carbocycles. The van der Waals surface area contributed by atoms with Gasteiger partial charge in [0.2, 0.25) is 5.91 Å². The number of anilines is 1. The van der Waals surface area contributed by atoms with Crippen LogP contribution in [-0.2, 0) is 10.2 Å². The average molecular weight is 296 g/mol. The van der Waals surface area contributed by atoms with Gasteiger partial charge in [0.15, 0.2) is 0 Å². The first-order valence-electron chi connectivity index (χ1n) is 6.21. The van der Waals surface area contributed by atoms with Crippen LogP contribution in [0, 0.1) is 11.3 Å². The SMILES string of the molecule is CSCCCC(=O)Nc1scc(C(C)(C)C)c1C#N. The fourth-order valence-corrected chi connectivity index (χ4v) is 3.27. The normalized spacial score (nSPS) is 11.1. The minimum Gasteiger partial charge on any atom is -0.317 e. The molecule has 0 aliphatic rings. The molecule has 0 aliphatic carbocycles. The number of amides is 1. The topological polar surface area (TPSA) is 52.9 Å². The zero-order chi connectivity index (χ0) is 14.5. The number of thiophene rings is 1. The second-order valence-corrected chi connectivity index (χ2v) is 7.23. The van der Waals surface area contributed by atoms with Crippen LogP contribution in [0.1, 0.15) is 44.7 Å². The van der Waals surface area contributed by atoms with Crippen molar-refractivity contribution in [3.63, 3.8) is 0 Å². The molecule has 0 fully saturated rings. The number of nitrogens with zero attached hydrogens (tertiary/aromatic N) is 1. The van der Waals surface area contributed by atoms with Crippen molar-refractivity contribution in [1.82, 2.24) is 0 Å². The van der Waals surface area contributed by atoms with Gasteiger partial charge < -0.3 is 5.32 Å². The maximum Gasteiger partial charge on any atom is 0.225 e. The first kappa shape index (κ1) is 16.1. The van der Waals surface area contributed by atoms with Crippen LogP contribution in [0.2, 0.25) is 0 Å². The third-order valence-corrected chi connectivity index (χ3v) is 4.31. The standard InChI is InChI=1S/C14H20N2OS2/c1-14(2,3)11-9-19-13(10(11)8-15)16-12(17)6-5-7-18-4/h9H,5-7H2,1-4H3,(H,16,17). The Labute approximate surface area is 123 Å². The van der Waals surface area contributed by atoms with Crippen molar-refractivity contribution < 1.29 is 4.79 Å². The number of nitriles is 1. The van der Waals surface area contributed by atoms with Crippen molar-refractivity contribution in [2.75, 3.05) is 17.3 Å². The van der Waals surface area contributed by atoms with Crippen molar-refractivity contribution in [1.29, 1.82) is 5.26 Å². The molecule has 0 aromatic carbocycles. The highest BCUT2D eigenvalue weighted by atomic mass is 32.2. The lowest BCUT2D eigenvalue weighted by molar-refractivity contribution is -0.116. The Balaban J connectivity index is 2.78. The van der Waals surface area contributed by atoms with Crippen LogP contribution in [0.5, 0.6) is 0 Å². The molecule has 1 rings (SSSR count). The molecule has 5 heteroatoms. The number of nitrogens with one attached hydrogen (secondary N) is 1. The summed E-state index contributed by atoms with van der Waals surface area (Å²) in [6.45, 7) is 6.21. The molecule has 0 radical (unpaired) electrons. The highest BCUT2D eigenvalue weighted by Gasteiger charge is 2.23. The van der Waals surface area contributed by atoms with E-state index in [9.17, 15) is 10.1 Å². The number of hydrogen-bond acceptors (Lipinski definition) is 4. The summed E-state index contributed by atoms with van der Waals surface area (Å²) in [6, 6.07) is 2.21. The average Bonchev–Trinajstić information content (AvgIpc) is 2.72. The van der Waals surface area contributed by atoms with Crippen molar-refractivity contribution in [2.45, 2.75) is 39.0 Å². The Morgan fingerprint density at radius 2 is 2.21 bits per heavy atom. The lowest BCUT2D eigenvalue weighted by Gasteiger charge is -2.17. The van der Waals surface area contributed by atoms with Gasteiger partial charge in [-0.25, -0.2) is 0 Å². The zero-order valence-corrected chi connectivity index (χ0v) is 13.5. The van der Waals surface area contributed by atoms with E-state index in [1.807, 2.05) is 11.6 Å². The summed E-state index contributed by atoms with van der Waals surface area (Å²) < 4.78 is 0. The molecule has 1 aromatic heterocycles. The molecule has 3 nitrogen and oxygen atoms in total. The first-order valence-corrected chi connectivity index (χ1v) is 8.48. The lowest BCUT2D eigenvalue weighted by atomic mass is 9.86. The van der Waals surface area contributed by atoms with Gasteiger partial charge in [0.1, 0.15) is 11.1 Å². The molecule has 1 amide bonds. The van der Waals surface area contributed by atoms with Crippen molar-refractivity contribution in [3.05, 3.63) is 16.5 Å². The van der Waals surface area contributed by atoms with E-state index < -0.39 is 0 Å². The molecule has 1 N–H and O–H groups in total. The van der Waals surface area contributed by atoms with Gasteiger partial charge in [0.05, 0.1) is 5.56 Å². The predicted molar refractivity (Wildman–Crippen MR) is 84.0 cm³/mol. The summed E-state index contributed by atoms with van der Waals surface area (Å²) in [5.41, 5.74) is 1.53. The van der Waals surface area contributed by atoms with E-state index >= 15 is 0 Å². The number of hydrogen-bond donors (Lipinski definition) is 1. The molecule has 0 spiro atoms. The molecule has 0 bridgehead atoms. The van der Waals surface area contributed by atoms with E-state index in [2.05, 4.69) is 32.2 Å². The van der Waals surface area contributed by atoms with Gasteiger partial charge in [0, 0.05) is 6.42 Å². The van der Waals surface area contributed by atoms with Gasteiger partial charge in [-0.1, -0.05) is 20.8 Å². The lowest BCUT2D eigenvalue weighted by Crippen LogP contribution is -2.14. The van der Waals surface area contributed by atoms with Crippen LogP contribution >= 0.6 is 23.1 Å². The number of rotatable bonds is 5. The highest BCUT2D eigenvalue weighted by Crippen LogP contribution is 2.35. The highest BCUT2D eigenvalue weighted by molar-refractivity contribution is 7.98. The first-order chi connectivity index (χ1) is 8.90. The van der Waals surface area contributed by atoms with Gasteiger partial charge in [0.25, 0.3) is 0 Å². The number of carbonyl (C=O) groups is 1. The van der Waals surface area contributed by atoms with Crippen molar-refractivity contribution in [2.24, 2.45) is 0 Å². The maximum absolute atomic E-state index is 11.8. The molecular weight excluding hydrogens is 276 g/mol. The van der Waals surface area contributed by atoms with Gasteiger partial charge in [-0.2, -0.15) is 17.0 Å². The molecule has 19 heavy (non-hydrogen) atoms. The summed E-state index contributed by atoms with van der Waals surface area (Å²) in [4.78, 5) is 11.8. The summed E-state index contributed by atoms with van der Waals surface area (Å²) >= 11 is 3.17. The van der Waals surface area contributed by atoms with Gasteiger partial charge in [-0.15, -0.1) is 11.3 Å². The van der Waals surface area contributed by atoms with Gasteiger partial charge >= 0.3 is 0 Å². The largest absolute Gasteiger partial charge is 0.317 e. The van der Waals surface area contributed by atoms with E-state index in [1.54, 1.807) is 11.8 Å².